The van der Waals surface area contributed by atoms with E-state index in [0.29, 0.717) is 34.1 Å². The van der Waals surface area contributed by atoms with Gasteiger partial charge < -0.3 is 21.1 Å². The molecule has 0 bridgehead atoms. The van der Waals surface area contributed by atoms with Crippen molar-refractivity contribution in [2.45, 2.75) is 12.3 Å². The number of benzene rings is 1. The topological polar surface area (TPSA) is 114 Å². The zero-order valence-electron chi connectivity index (χ0n) is 16.2. The van der Waals surface area contributed by atoms with Gasteiger partial charge in [0.25, 0.3) is 0 Å². The highest BCUT2D eigenvalue weighted by molar-refractivity contribution is 6.39. The first-order valence-electron chi connectivity index (χ1n) is 8.47. The lowest BCUT2D eigenvalue weighted by Gasteiger charge is -2.26. The van der Waals surface area contributed by atoms with Crippen LogP contribution in [0.5, 0.6) is 0 Å². The van der Waals surface area contributed by atoms with E-state index in [0.717, 1.165) is 11.4 Å². The molecule has 9 nitrogen and oxygen atoms in total. The SMILES string of the molecule is [B]C([B])(OC)c1cc(N=NC)c(N)c(Nc2cc(NC)n3ncc(C)c3n2)c1. The van der Waals surface area contributed by atoms with Crippen LogP contribution in [0.4, 0.5) is 28.7 Å². The van der Waals surface area contributed by atoms with Crippen LogP contribution in [0, 0.1) is 6.92 Å². The van der Waals surface area contributed by atoms with Gasteiger partial charge in [-0.3, -0.25) is 0 Å². The highest BCUT2D eigenvalue weighted by atomic mass is 16.5. The van der Waals surface area contributed by atoms with E-state index in [1.165, 1.54) is 7.11 Å². The van der Waals surface area contributed by atoms with Crippen molar-refractivity contribution in [1.82, 2.24) is 14.6 Å². The predicted octanol–water partition coefficient (Wildman–Crippen LogP) is 2.21. The monoisotopic (exact) mass is 374 g/mol. The number of methoxy groups -OCH3 is 1. The molecule has 0 amide bonds. The lowest BCUT2D eigenvalue weighted by atomic mass is 9.61. The van der Waals surface area contributed by atoms with Gasteiger partial charge >= 0.3 is 0 Å². The van der Waals surface area contributed by atoms with E-state index in [2.05, 4.69) is 30.9 Å². The van der Waals surface area contributed by atoms with Crippen molar-refractivity contribution in [1.29, 1.82) is 0 Å². The third-order valence-corrected chi connectivity index (χ3v) is 4.32. The van der Waals surface area contributed by atoms with E-state index in [9.17, 15) is 0 Å². The van der Waals surface area contributed by atoms with Crippen LogP contribution in [0.3, 0.4) is 0 Å². The summed E-state index contributed by atoms with van der Waals surface area (Å²) in [7, 11) is 16.8. The molecule has 0 aliphatic carbocycles. The lowest BCUT2D eigenvalue weighted by Crippen LogP contribution is -2.29. The molecule has 2 aromatic heterocycles. The zero-order valence-corrected chi connectivity index (χ0v) is 16.2. The van der Waals surface area contributed by atoms with Gasteiger partial charge in [-0.2, -0.15) is 19.8 Å². The smallest absolute Gasteiger partial charge is 0.162 e. The number of rotatable bonds is 6. The fourth-order valence-electron chi connectivity index (χ4n) is 2.73. The van der Waals surface area contributed by atoms with E-state index in [1.54, 1.807) is 43.0 Å². The Morgan fingerprint density at radius 3 is 2.68 bits per heavy atom. The number of azo groups is 1. The quantitative estimate of drug-likeness (QED) is 0.346. The summed E-state index contributed by atoms with van der Waals surface area (Å²) in [5.74, 6) is 1.31. The van der Waals surface area contributed by atoms with E-state index in [-0.39, 0.29) is 0 Å². The molecular weight excluding hydrogens is 354 g/mol. The number of nitrogens with two attached hydrogens (primary N) is 1. The van der Waals surface area contributed by atoms with Gasteiger partial charge in [0.1, 0.15) is 33.0 Å². The molecule has 0 aliphatic heterocycles. The molecule has 4 N–H and O–H groups in total. The van der Waals surface area contributed by atoms with Gasteiger partial charge in [-0.1, -0.05) is 0 Å². The van der Waals surface area contributed by atoms with Crippen molar-refractivity contribution in [2.75, 3.05) is 37.6 Å². The molecule has 3 rings (SSSR count). The second kappa shape index (κ2) is 7.51. The van der Waals surface area contributed by atoms with Gasteiger partial charge in [0.05, 0.1) is 17.6 Å². The minimum absolute atomic E-state index is 0.374. The first-order chi connectivity index (χ1) is 13.3. The van der Waals surface area contributed by atoms with Crippen LogP contribution in [0.2, 0.25) is 0 Å². The maximum absolute atomic E-state index is 6.26. The summed E-state index contributed by atoms with van der Waals surface area (Å²) >= 11 is 0. The Morgan fingerprint density at radius 2 is 2.04 bits per heavy atom. The summed E-state index contributed by atoms with van der Waals surface area (Å²) in [5, 5.41) is 16.9. The number of nitrogens with zero attached hydrogens (tertiary/aromatic N) is 5. The van der Waals surface area contributed by atoms with Crippen molar-refractivity contribution >= 4 is 50.0 Å². The van der Waals surface area contributed by atoms with Crippen molar-refractivity contribution < 1.29 is 4.74 Å². The highest BCUT2D eigenvalue weighted by Gasteiger charge is 2.22. The third-order valence-electron chi connectivity index (χ3n) is 4.32. The van der Waals surface area contributed by atoms with Crippen LogP contribution < -0.4 is 16.4 Å². The number of hydrogen-bond donors (Lipinski definition) is 3. The van der Waals surface area contributed by atoms with Gasteiger partial charge in [0, 0.05) is 38.2 Å². The van der Waals surface area contributed by atoms with Gasteiger partial charge in [-0.25, -0.2) is 4.98 Å². The zero-order chi connectivity index (χ0) is 20.5. The van der Waals surface area contributed by atoms with Crippen LogP contribution in [-0.2, 0) is 10.1 Å². The fourth-order valence-corrected chi connectivity index (χ4v) is 2.73. The summed E-state index contributed by atoms with van der Waals surface area (Å²) in [5.41, 5.74) is 9.69. The second-order valence-electron chi connectivity index (χ2n) is 6.22. The van der Waals surface area contributed by atoms with Crippen LogP contribution in [-0.4, -0.2) is 51.5 Å². The Hall–Kier alpha value is -3.07. The maximum atomic E-state index is 6.26. The molecule has 0 saturated heterocycles. The normalized spacial score (nSPS) is 12.0. The number of aryl methyl sites for hydroxylation is 1. The van der Waals surface area contributed by atoms with Crippen molar-refractivity contribution in [2.24, 2.45) is 10.2 Å². The molecule has 0 fully saturated rings. The Kier molecular flexibility index (Phi) is 5.28. The molecule has 0 aliphatic rings. The number of nitrogen functional groups attached to an aromatic ring is 1. The number of fused-ring (bicyclic) bond motifs is 1. The highest BCUT2D eigenvalue weighted by Crippen LogP contribution is 2.37. The van der Waals surface area contributed by atoms with Gasteiger partial charge in [-0.15, -0.1) is 0 Å². The maximum Gasteiger partial charge on any atom is 0.162 e. The van der Waals surface area contributed by atoms with E-state index in [4.69, 9.17) is 26.2 Å². The van der Waals surface area contributed by atoms with E-state index < -0.39 is 5.40 Å². The first kappa shape index (κ1) is 19.7. The molecular formula is C17H20B2N8O. The van der Waals surface area contributed by atoms with E-state index in [1.807, 2.05) is 6.92 Å². The third kappa shape index (κ3) is 3.53. The van der Waals surface area contributed by atoms with Gasteiger partial charge in [-0.05, 0) is 24.6 Å². The van der Waals surface area contributed by atoms with Crippen molar-refractivity contribution in [3.8, 4) is 0 Å². The lowest BCUT2D eigenvalue weighted by molar-refractivity contribution is 0.132. The molecule has 0 atom stereocenters. The molecule has 0 spiro atoms. The summed E-state index contributed by atoms with van der Waals surface area (Å²) in [6.45, 7) is 1.93. The summed E-state index contributed by atoms with van der Waals surface area (Å²) in [6.07, 6.45) is 1.75. The van der Waals surface area contributed by atoms with Gasteiger partial charge in [0.15, 0.2) is 5.65 Å². The van der Waals surface area contributed by atoms with Crippen LogP contribution in [0.1, 0.15) is 11.1 Å². The number of nitrogens with one attached hydrogen (secondary N) is 2. The van der Waals surface area contributed by atoms with Crippen LogP contribution in [0.25, 0.3) is 5.65 Å². The van der Waals surface area contributed by atoms with Gasteiger partial charge in [0.2, 0.25) is 0 Å². The molecule has 140 valence electrons. The largest absolute Gasteiger partial charge is 0.395 e. The van der Waals surface area contributed by atoms with Crippen molar-refractivity contribution in [3.05, 3.63) is 35.5 Å². The van der Waals surface area contributed by atoms with Crippen LogP contribution >= 0.6 is 0 Å². The van der Waals surface area contributed by atoms with Crippen molar-refractivity contribution in [3.63, 3.8) is 0 Å². The predicted molar refractivity (Wildman–Crippen MR) is 112 cm³/mol. The second-order valence-corrected chi connectivity index (χ2v) is 6.22. The van der Waals surface area contributed by atoms with Crippen LogP contribution in [0.15, 0.2) is 34.6 Å². The minimum atomic E-state index is -1.52. The Morgan fingerprint density at radius 1 is 1.29 bits per heavy atom. The molecule has 11 heteroatoms. The van der Waals surface area contributed by atoms with E-state index >= 15 is 0 Å². The number of ether oxygens (including phenoxy) is 1. The minimum Gasteiger partial charge on any atom is -0.395 e. The summed E-state index contributed by atoms with van der Waals surface area (Å²) in [4.78, 5) is 4.61. The molecule has 28 heavy (non-hydrogen) atoms. The standard InChI is InChI=1S/C17H20B2N8O/c1-9-8-23-27-14(21-2)7-13(25-16(9)27)24-11-5-10(17(18,19)28-4)6-12(15(11)20)26-22-3/h5-8,21H,20H2,1-4H3,(H,24,25). The molecule has 2 heterocycles. The Bertz CT molecular complexity index is 1050. The molecule has 0 saturated carbocycles. The molecule has 3 aromatic rings. The fraction of sp³-hybridized carbons (Fsp3) is 0.294. The average molecular weight is 374 g/mol. The molecule has 4 radical (unpaired) electrons. The number of hydrogen-bond acceptors (Lipinski definition) is 8. The number of anilines is 4. The first-order valence-corrected chi connectivity index (χ1v) is 8.47. The Labute approximate surface area is 165 Å². The summed E-state index contributed by atoms with van der Waals surface area (Å²) in [6, 6.07) is 5.14. The number of aromatic nitrogens is 3. The average Bonchev–Trinajstić information content (AvgIpc) is 3.05. The summed E-state index contributed by atoms with van der Waals surface area (Å²) < 4.78 is 6.89. The molecule has 1 aromatic carbocycles. The molecule has 0 unspecified atom stereocenters. The Balaban J connectivity index is 2.13.